The maximum atomic E-state index is 13.7. The predicted octanol–water partition coefficient (Wildman–Crippen LogP) is 4.20. The van der Waals surface area contributed by atoms with E-state index in [1.165, 1.54) is 0 Å². The SMILES string of the molecule is CCn1nc(C)cc1C(=O)/N=c1\n(C)c2ccccc2n1C/C(C)=C(\C)Cn1/c(=N/C(=O)c2cc(C)nn2CC)n(C)c2cc(C(=O)NC)ccc21. The number of aromatic nitrogens is 8. The lowest BCUT2D eigenvalue weighted by Crippen LogP contribution is -2.28. The zero-order chi connectivity index (χ0) is 37.4. The molecular weight excluding hydrogens is 658 g/mol. The van der Waals surface area contributed by atoms with Crippen LogP contribution in [0.15, 0.2) is 75.7 Å². The van der Waals surface area contributed by atoms with Crippen molar-refractivity contribution in [3.63, 3.8) is 0 Å². The molecule has 52 heavy (non-hydrogen) atoms. The van der Waals surface area contributed by atoms with Crippen LogP contribution in [0.5, 0.6) is 0 Å². The van der Waals surface area contributed by atoms with Gasteiger partial charge in [-0.05, 0) is 84.0 Å². The van der Waals surface area contributed by atoms with Crippen molar-refractivity contribution < 1.29 is 14.4 Å². The number of carbonyl (C=O) groups excluding carboxylic acids is 3. The number of hydrogen-bond acceptors (Lipinski definition) is 5. The maximum absolute atomic E-state index is 13.7. The zero-order valence-electron chi connectivity index (χ0n) is 31.2. The van der Waals surface area contributed by atoms with Crippen LogP contribution in [-0.4, -0.2) is 62.6 Å². The van der Waals surface area contributed by atoms with E-state index in [4.69, 9.17) is 0 Å². The van der Waals surface area contributed by atoms with Gasteiger partial charge in [-0.1, -0.05) is 23.3 Å². The number of carbonyl (C=O) groups is 3. The van der Waals surface area contributed by atoms with Gasteiger partial charge in [0.15, 0.2) is 0 Å². The molecule has 2 aromatic carbocycles. The van der Waals surface area contributed by atoms with E-state index < -0.39 is 5.91 Å². The summed E-state index contributed by atoms with van der Waals surface area (Å²) in [6.45, 7) is 13.7. The lowest BCUT2D eigenvalue weighted by Gasteiger charge is -2.12. The first-order valence-corrected chi connectivity index (χ1v) is 17.3. The fourth-order valence-electron chi connectivity index (χ4n) is 6.62. The fraction of sp³-hybridized carbons (Fsp3) is 0.342. The number of benzene rings is 2. The molecule has 0 aliphatic heterocycles. The van der Waals surface area contributed by atoms with Gasteiger partial charge in [-0.15, -0.1) is 0 Å². The molecule has 1 N–H and O–H groups in total. The molecule has 3 amide bonds. The van der Waals surface area contributed by atoms with Crippen LogP contribution in [0.1, 0.15) is 70.4 Å². The van der Waals surface area contributed by atoms with Gasteiger partial charge in [0.05, 0.1) is 33.5 Å². The Bertz CT molecular complexity index is 2560. The summed E-state index contributed by atoms with van der Waals surface area (Å²) < 4.78 is 11.1. The third-order valence-corrected chi connectivity index (χ3v) is 9.50. The van der Waals surface area contributed by atoms with Crippen LogP contribution in [0, 0.1) is 13.8 Å². The number of amides is 3. The third kappa shape index (κ3) is 6.47. The summed E-state index contributed by atoms with van der Waals surface area (Å²) in [5.74, 6) is -0.980. The Morgan fingerprint density at radius 2 is 1.13 bits per heavy atom. The van der Waals surface area contributed by atoms with Gasteiger partial charge in [-0.25, -0.2) is 0 Å². The quantitative estimate of drug-likeness (QED) is 0.225. The fourth-order valence-corrected chi connectivity index (χ4v) is 6.62. The molecule has 0 bridgehead atoms. The molecule has 14 heteroatoms. The topological polar surface area (TPSA) is 143 Å². The highest BCUT2D eigenvalue weighted by molar-refractivity contribution is 5.97. The summed E-state index contributed by atoms with van der Waals surface area (Å²) in [5.41, 5.74) is 9.31. The molecule has 4 heterocycles. The van der Waals surface area contributed by atoms with Gasteiger partial charge in [0, 0.05) is 52.9 Å². The van der Waals surface area contributed by atoms with Gasteiger partial charge in [0.2, 0.25) is 11.2 Å². The molecule has 14 nitrogen and oxygen atoms in total. The van der Waals surface area contributed by atoms with E-state index in [1.807, 2.05) is 91.9 Å². The maximum Gasteiger partial charge on any atom is 0.298 e. The molecule has 0 saturated heterocycles. The minimum atomic E-state index is -0.408. The Balaban J connectivity index is 1.47. The minimum absolute atomic E-state index is 0.209. The Morgan fingerprint density at radius 1 is 0.673 bits per heavy atom. The lowest BCUT2D eigenvalue weighted by molar-refractivity contribution is 0.0959. The molecule has 0 aliphatic carbocycles. The van der Waals surface area contributed by atoms with Gasteiger partial charge in [0.1, 0.15) is 11.4 Å². The van der Waals surface area contributed by atoms with Crippen molar-refractivity contribution in [2.24, 2.45) is 24.1 Å². The number of para-hydroxylation sites is 2. The number of allylic oxidation sites excluding steroid dienone is 2. The number of nitrogens with zero attached hydrogens (tertiary/aromatic N) is 10. The first-order chi connectivity index (χ1) is 24.9. The molecule has 270 valence electrons. The Labute approximate surface area is 301 Å². The van der Waals surface area contributed by atoms with Crippen LogP contribution in [0.2, 0.25) is 0 Å². The van der Waals surface area contributed by atoms with E-state index in [1.54, 1.807) is 34.6 Å². The largest absolute Gasteiger partial charge is 0.355 e. The summed E-state index contributed by atoms with van der Waals surface area (Å²) in [6, 6.07) is 17.0. The predicted molar refractivity (Wildman–Crippen MR) is 199 cm³/mol. The molecule has 6 aromatic rings. The molecule has 0 atom stereocenters. The Morgan fingerprint density at radius 3 is 1.62 bits per heavy atom. The van der Waals surface area contributed by atoms with Gasteiger partial charge in [-0.2, -0.15) is 20.2 Å². The zero-order valence-corrected chi connectivity index (χ0v) is 31.2. The monoisotopic (exact) mass is 703 g/mol. The standard InChI is InChI=1S/C38H45N11O3/c1-10-48-32(18-25(5)42-48)35(51)40-37-44(8)28-14-12-13-15-29(28)46(37)21-23(3)24(4)22-47-30-17-16-27(34(50)39-7)20-31(30)45(9)38(47)41-36(52)33-19-26(6)43-49(33)11-2/h12-20H,10-11,21-22H2,1-9H3,(H,39,50)/b24-23+,40-37+,41-38+. The smallest absolute Gasteiger partial charge is 0.298 e. The van der Waals surface area contributed by atoms with Crippen molar-refractivity contribution in [3.05, 3.63) is 105 Å². The first kappa shape index (κ1) is 35.8. The molecule has 0 radical (unpaired) electrons. The highest BCUT2D eigenvalue weighted by Gasteiger charge is 2.19. The summed E-state index contributed by atoms with van der Waals surface area (Å²) >= 11 is 0. The Kier molecular flexibility index (Phi) is 9.83. The second kappa shape index (κ2) is 14.3. The van der Waals surface area contributed by atoms with E-state index in [9.17, 15) is 14.4 Å². The highest BCUT2D eigenvalue weighted by atomic mass is 16.2. The molecule has 0 spiro atoms. The molecule has 6 rings (SSSR count). The lowest BCUT2D eigenvalue weighted by atomic mass is 10.1. The molecule has 4 aromatic heterocycles. The van der Waals surface area contributed by atoms with Crippen molar-refractivity contribution in [2.75, 3.05) is 7.05 Å². The van der Waals surface area contributed by atoms with Crippen LogP contribution in [0.3, 0.4) is 0 Å². The van der Waals surface area contributed by atoms with Crippen LogP contribution in [-0.2, 0) is 40.3 Å². The van der Waals surface area contributed by atoms with Crippen LogP contribution in [0.25, 0.3) is 22.1 Å². The van der Waals surface area contributed by atoms with Crippen LogP contribution >= 0.6 is 0 Å². The van der Waals surface area contributed by atoms with Crippen molar-refractivity contribution in [1.82, 2.24) is 43.1 Å². The number of nitrogens with one attached hydrogen (secondary N) is 1. The number of rotatable bonds is 9. The first-order valence-electron chi connectivity index (χ1n) is 17.3. The minimum Gasteiger partial charge on any atom is -0.355 e. The van der Waals surface area contributed by atoms with Crippen LogP contribution in [0.4, 0.5) is 0 Å². The average molecular weight is 704 g/mol. The average Bonchev–Trinajstić information content (AvgIpc) is 3.86. The van der Waals surface area contributed by atoms with Gasteiger partial charge >= 0.3 is 0 Å². The molecule has 0 fully saturated rings. The van der Waals surface area contributed by atoms with Crippen molar-refractivity contribution in [1.29, 1.82) is 0 Å². The van der Waals surface area contributed by atoms with Crippen molar-refractivity contribution >= 4 is 39.8 Å². The molecular formula is C38H45N11O3. The number of hydrogen-bond donors (Lipinski definition) is 1. The summed E-state index contributed by atoms with van der Waals surface area (Å²) in [4.78, 5) is 49.2. The second-order valence-electron chi connectivity index (χ2n) is 13.0. The number of imidazole rings is 2. The third-order valence-electron chi connectivity index (χ3n) is 9.50. The van der Waals surface area contributed by atoms with E-state index >= 15 is 0 Å². The van der Waals surface area contributed by atoms with Gasteiger partial charge in [0.25, 0.3) is 17.7 Å². The molecule has 0 aliphatic rings. The Hall–Kier alpha value is -6.05. The van der Waals surface area contributed by atoms with Crippen molar-refractivity contribution in [3.8, 4) is 0 Å². The van der Waals surface area contributed by atoms with E-state index in [2.05, 4.69) is 43.9 Å². The van der Waals surface area contributed by atoms with E-state index in [0.717, 1.165) is 44.6 Å². The van der Waals surface area contributed by atoms with Gasteiger partial charge in [-0.3, -0.25) is 23.7 Å². The molecule has 0 unspecified atom stereocenters. The summed E-state index contributed by atoms with van der Waals surface area (Å²) in [7, 11) is 5.35. The summed E-state index contributed by atoms with van der Waals surface area (Å²) in [6.07, 6.45) is 0. The summed E-state index contributed by atoms with van der Waals surface area (Å²) in [5, 5.41) is 11.6. The van der Waals surface area contributed by atoms with Crippen molar-refractivity contribution in [2.45, 2.75) is 67.7 Å². The number of fused-ring (bicyclic) bond motifs is 2. The van der Waals surface area contributed by atoms with E-state index in [-0.39, 0.29) is 11.8 Å². The second-order valence-corrected chi connectivity index (χ2v) is 13.0. The van der Waals surface area contributed by atoms with E-state index in [0.29, 0.717) is 54.4 Å². The highest BCUT2D eigenvalue weighted by Crippen LogP contribution is 2.20. The number of aryl methyl sites for hydroxylation is 6. The van der Waals surface area contributed by atoms with Crippen LogP contribution < -0.4 is 16.6 Å². The normalized spacial score (nSPS) is 13.0. The molecule has 0 saturated carbocycles. The van der Waals surface area contributed by atoms with Gasteiger partial charge < -0.3 is 23.6 Å².